The molecular formula is C16H25FN2. The first-order valence-corrected chi connectivity index (χ1v) is 7.24. The van der Waals surface area contributed by atoms with E-state index in [2.05, 4.69) is 24.3 Å². The molecule has 0 heterocycles. The first-order chi connectivity index (χ1) is 9.10. The van der Waals surface area contributed by atoms with Crippen molar-refractivity contribution in [2.75, 3.05) is 25.5 Å². The Morgan fingerprint density at radius 1 is 1.26 bits per heavy atom. The first kappa shape index (κ1) is 14.3. The minimum absolute atomic E-state index is 0.119. The van der Waals surface area contributed by atoms with Crippen molar-refractivity contribution >= 4 is 5.69 Å². The summed E-state index contributed by atoms with van der Waals surface area (Å²) in [6.07, 6.45) is 5.13. The van der Waals surface area contributed by atoms with Gasteiger partial charge in [0.2, 0.25) is 0 Å². The van der Waals surface area contributed by atoms with Crippen LogP contribution in [0.2, 0.25) is 0 Å². The Bertz CT molecular complexity index is 411. The number of aryl methyl sites for hydroxylation is 1. The van der Waals surface area contributed by atoms with Crippen LogP contribution in [0.25, 0.3) is 0 Å². The fourth-order valence-electron chi connectivity index (χ4n) is 2.99. The molecular weight excluding hydrogens is 239 g/mol. The average Bonchev–Trinajstić information content (AvgIpc) is 2.42. The van der Waals surface area contributed by atoms with Gasteiger partial charge in [-0.15, -0.1) is 0 Å². The molecule has 3 heteroatoms. The minimum atomic E-state index is -0.119. The van der Waals surface area contributed by atoms with Gasteiger partial charge in [-0.2, -0.15) is 0 Å². The summed E-state index contributed by atoms with van der Waals surface area (Å²) < 4.78 is 13.3. The van der Waals surface area contributed by atoms with Crippen LogP contribution in [0.1, 0.15) is 31.2 Å². The second kappa shape index (κ2) is 6.38. The maximum absolute atomic E-state index is 13.3. The average molecular weight is 264 g/mol. The monoisotopic (exact) mass is 264 g/mol. The fraction of sp³-hybridized carbons (Fsp3) is 0.625. The molecule has 0 spiro atoms. The van der Waals surface area contributed by atoms with Crippen LogP contribution >= 0.6 is 0 Å². The largest absolute Gasteiger partial charge is 0.374 e. The van der Waals surface area contributed by atoms with Crippen LogP contribution in [0.5, 0.6) is 0 Å². The second-order valence-corrected chi connectivity index (χ2v) is 5.82. The number of hydrogen-bond acceptors (Lipinski definition) is 2. The van der Waals surface area contributed by atoms with Crippen LogP contribution in [-0.4, -0.2) is 26.7 Å². The van der Waals surface area contributed by atoms with E-state index < -0.39 is 0 Å². The smallest absolute Gasteiger partial charge is 0.126 e. The van der Waals surface area contributed by atoms with E-state index in [1.54, 1.807) is 6.07 Å². The molecule has 2 rings (SSSR count). The standard InChI is InChI=1S/C16H25FN2/c1-12-10-15(8-9-16(12)17)19(3)11-13-4-6-14(18-2)7-5-13/h8-10,13-14,18H,4-7,11H2,1-3H3. The Kier molecular flexibility index (Phi) is 4.81. The van der Waals surface area contributed by atoms with Crippen molar-refractivity contribution in [3.63, 3.8) is 0 Å². The first-order valence-electron chi connectivity index (χ1n) is 7.24. The molecule has 1 aromatic carbocycles. The number of nitrogens with zero attached hydrogens (tertiary/aromatic N) is 1. The lowest BCUT2D eigenvalue weighted by molar-refractivity contribution is 0.305. The summed E-state index contributed by atoms with van der Waals surface area (Å²) in [5.41, 5.74) is 1.85. The third kappa shape index (κ3) is 3.69. The highest BCUT2D eigenvalue weighted by molar-refractivity contribution is 5.48. The van der Waals surface area contributed by atoms with Crippen molar-refractivity contribution in [1.29, 1.82) is 0 Å². The van der Waals surface area contributed by atoms with E-state index in [-0.39, 0.29) is 5.82 Å². The molecule has 1 aromatic rings. The Labute approximate surface area is 116 Å². The SMILES string of the molecule is CNC1CCC(CN(C)c2ccc(F)c(C)c2)CC1. The molecule has 1 fully saturated rings. The number of hydrogen-bond donors (Lipinski definition) is 1. The predicted molar refractivity (Wildman–Crippen MR) is 79.2 cm³/mol. The Hall–Kier alpha value is -1.09. The maximum atomic E-state index is 13.3. The van der Waals surface area contributed by atoms with Crippen molar-refractivity contribution in [2.45, 2.75) is 38.6 Å². The molecule has 0 aromatic heterocycles. The normalized spacial score (nSPS) is 23.4. The lowest BCUT2D eigenvalue weighted by atomic mass is 9.86. The molecule has 1 aliphatic carbocycles. The van der Waals surface area contributed by atoms with E-state index in [4.69, 9.17) is 0 Å². The number of anilines is 1. The van der Waals surface area contributed by atoms with E-state index in [1.807, 2.05) is 19.1 Å². The zero-order valence-corrected chi connectivity index (χ0v) is 12.2. The number of rotatable bonds is 4. The Balaban J connectivity index is 1.90. The topological polar surface area (TPSA) is 15.3 Å². The van der Waals surface area contributed by atoms with Crippen LogP contribution in [0, 0.1) is 18.7 Å². The quantitative estimate of drug-likeness (QED) is 0.897. The van der Waals surface area contributed by atoms with Crippen LogP contribution in [0.15, 0.2) is 18.2 Å². The molecule has 0 atom stereocenters. The van der Waals surface area contributed by atoms with Crippen LogP contribution in [-0.2, 0) is 0 Å². The molecule has 1 saturated carbocycles. The third-order valence-electron chi connectivity index (χ3n) is 4.37. The molecule has 0 amide bonds. The van der Waals surface area contributed by atoms with Gasteiger partial charge in [0, 0.05) is 25.3 Å². The summed E-state index contributed by atoms with van der Waals surface area (Å²) in [7, 11) is 4.16. The fourth-order valence-corrected chi connectivity index (χ4v) is 2.99. The van der Waals surface area contributed by atoms with Gasteiger partial charge in [0.15, 0.2) is 0 Å². The summed E-state index contributed by atoms with van der Waals surface area (Å²) in [5, 5.41) is 3.37. The summed E-state index contributed by atoms with van der Waals surface area (Å²) in [6, 6.07) is 6.09. The third-order valence-corrected chi connectivity index (χ3v) is 4.37. The highest BCUT2D eigenvalue weighted by atomic mass is 19.1. The van der Waals surface area contributed by atoms with Gasteiger partial charge >= 0.3 is 0 Å². The van der Waals surface area contributed by atoms with E-state index >= 15 is 0 Å². The lowest BCUT2D eigenvalue weighted by Gasteiger charge is -2.32. The van der Waals surface area contributed by atoms with Gasteiger partial charge in [-0.25, -0.2) is 4.39 Å². The highest BCUT2D eigenvalue weighted by Gasteiger charge is 2.21. The van der Waals surface area contributed by atoms with Gasteiger partial charge < -0.3 is 10.2 Å². The second-order valence-electron chi connectivity index (χ2n) is 5.82. The zero-order valence-electron chi connectivity index (χ0n) is 12.2. The van der Waals surface area contributed by atoms with E-state index in [9.17, 15) is 4.39 Å². The number of nitrogens with one attached hydrogen (secondary N) is 1. The molecule has 1 aliphatic rings. The van der Waals surface area contributed by atoms with Gasteiger partial charge in [-0.1, -0.05) is 0 Å². The molecule has 0 unspecified atom stereocenters. The Morgan fingerprint density at radius 3 is 2.53 bits per heavy atom. The summed E-state index contributed by atoms with van der Waals surface area (Å²) in [6.45, 7) is 2.90. The molecule has 0 radical (unpaired) electrons. The molecule has 0 bridgehead atoms. The van der Waals surface area contributed by atoms with Gasteiger partial charge in [0.1, 0.15) is 5.82 Å². The number of benzene rings is 1. The van der Waals surface area contributed by atoms with Crippen molar-refractivity contribution in [1.82, 2.24) is 5.32 Å². The van der Waals surface area contributed by atoms with E-state index in [1.165, 1.54) is 25.7 Å². The molecule has 0 saturated heterocycles. The predicted octanol–water partition coefficient (Wildman–Crippen LogP) is 3.35. The van der Waals surface area contributed by atoms with Crippen LogP contribution in [0.4, 0.5) is 10.1 Å². The molecule has 1 N–H and O–H groups in total. The minimum Gasteiger partial charge on any atom is -0.374 e. The van der Waals surface area contributed by atoms with Crippen molar-refractivity contribution in [3.05, 3.63) is 29.6 Å². The molecule has 19 heavy (non-hydrogen) atoms. The Morgan fingerprint density at radius 2 is 1.95 bits per heavy atom. The van der Waals surface area contributed by atoms with Gasteiger partial charge in [0.25, 0.3) is 0 Å². The summed E-state index contributed by atoms with van der Waals surface area (Å²) in [5.74, 6) is 0.645. The van der Waals surface area contributed by atoms with Gasteiger partial charge in [-0.3, -0.25) is 0 Å². The van der Waals surface area contributed by atoms with Crippen molar-refractivity contribution in [3.8, 4) is 0 Å². The molecule has 2 nitrogen and oxygen atoms in total. The maximum Gasteiger partial charge on any atom is 0.126 e. The van der Waals surface area contributed by atoms with E-state index in [0.717, 1.165) is 23.7 Å². The highest BCUT2D eigenvalue weighted by Crippen LogP contribution is 2.26. The van der Waals surface area contributed by atoms with Crippen molar-refractivity contribution < 1.29 is 4.39 Å². The van der Waals surface area contributed by atoms with Gasteiger partial charge in [0.05, 0.1) is 0 Å². The summed E-state index contributed by atoms with van der Waals surface area (Å²) in [4.78, 5) is 2.26. The molecule has 0 aliphatic heterocycles. The van der Waals surface area contributed by atoms with Crippen LogP contribution in [0.3, 0.4) is 0 Å². The van der Waals surface area contributed by atoms with Crippen molar-refractivity contribution in [2.24, 2.45) is 5.92 Å². The van der Waals surface area contributed by atoms with Crippen LogP contribution < -0.4 is 10.2 Å². The summed E-state index contributed by atoms with van der Waals surface area (Å²) >= 11 is 0. The zero-order chi connectivity index (χ0) is 13.8. The molecule has 106 valence electrons. The van der Waals surface area contributed by atoms with Gasteiger partial charge in [-0.05, 0) is 69.3 Å². The van der Waals surface area contributed by atoms with E-state index in [0.29, 0.717) is 6.04 Å². The number of halogens is 1. The lowest BCUT2D eigenvalue weighted by Crippen LogP contribution is -2.34.